The summed E-state index contributed by atoms with van der Waals surface area (Å²) in [4.78, 5) is 0. The van der Waals surface area contributed by atoms with Gasteiger partial charge in [-0.3, -0.25) is 0 Å². The molecule has 0 N–H and O–H groups in total. The highest BCUT2D eigenvalue weighted by Gasteiger charge is 2.01. The van der Waals surface area contributed by atoms with Gasteiger partial charge in [-0.25, -0.2) is 0 Å². The van der Waals surface area contributed by atoms with Gasteiger partial charge in [0.2, 0.25) is 0 Å². The van der Waals surface area contributed by atoms with Gasteiger partial charge in [-0.05, 0) is 36.6 Å². The molecule has 0 bridgehead atoms. The minimum absolute atomic E-state index is 0.149. The van der Waals surface area contributed by atoms with Gasteiger partial charge in [0, 0.05) is 4.70 Å². The molecule has 1 aromatic heterocycles. The summed E-state index contributed by atoms with van der Waals surface area (Å²) < 4.78 is 19.1. The van der Waals surface area contributed by atoms with E-state index in [1.807, 2.05) is 25.1 Å². The second-order valence-electron chi connectivity index (χ2n) is 2.68. The standard InChI is InChI=1S/C10H9FOS/c1-2-12-8-3-4-9-7(5-8)6-10(11)13-9/h3-6H,2H2,1H3. The largest absolute Gasteiger partial charge is 0.494 e. The minimum Gasteiger partial charge on any atom is -0.494 e. The lowest BCUT2D eigenvalue weighted by atomic mass is 10.2. The number of thiophene rings is 1. The van der Waals surface area contributed by atoms with E-state index in [0.717, 1.165) is 27.2 Å². The second-order valence-corrected chi connectivity index (χ2v) is 3.72. The molecule has 0 aliphatic rings. The maximum Gasteiger partial charge on any atom is 0.177 e. The summed E-state index contributed by atoms with van der Waals surface area (Å²) in [6.45, 7) is 2.57. The number of hydrogen-bond acceptors (Lipinski definition) is 2. The van der Waals surface area contributed by atoms with Crippen molar-refractivity contribution >= 4 is 21.4 Å². The van der Waals surface area contributed by atoms with Crippen LogP contribution in [0.2, 0.25) is 0 Å². The third-order valence-corrected chi connectivity index (χ3v) is 2.67. The van der Waals surface area contributed by atoms with Gasteiger partial charge in [0.05, 0.1) is 6.61 Å². The van der Waals surface area contributed by atoms with Crippen LogP contribution in [-0.2, 0) is 0 Å². The minimum atomic E-state index is -0.149. The van der Waals surface area contributed by atoms with Crippen LogP contribution in [0.15, 0.2) is 24.3 Å². The highest BCUT2D eigenvalue weighted by molar-refractivity contribution is 7.17. The SMILES string of the molecule is CCOc1ccc2sc(F)cc2c1. The Labute approximate surface area is 79.8 Å². The van der Waals surface area contributed by atoms with Crippen molar-refractivity contribution in [3.8, 4) is 5.75 Å². The Bertz CT molecular complexity index is 422. The van der Waals surface area contributed by atoms with E-state index in [4.69, 9.17) is 4.74 Å². The molecule has 68 valence electrons. The number of benzene rings is 1. The summed E-state index contributed by atoms with van der Waals surface area (Å²) >= 11 is 1.16. The molecular formula is C10H9FOS. The lowest BCUT2D eigenvalue weighted by Gasteiger charge is -2.01. The molecule has 3 heteroatoms. The molecule has 0 aliphatic carbocycles. The van der Waals surface area contributed by atoms with Gasteiger partial charge < -0.3 is 4.74 Å². The highest BCUT2D eigenvalue weighted by atomic mass is 32.1. The molecule has 0 fully saturated rings. The lowest BCUT2D eigenvalue weighted by Crippen LogP contribution is -1.89. The van der Waals surface area contributed by atoms with Gasteiger partial charge in [-0.2, -0.15) is 4.39 Å². The zero-order valence-electron chi connectivity index (χ0n) is 7.21. The van der Waals surface area contributed by atoms with Crippen LogP contribution in [0.25, 0.3) is 10.1 Å². The molecule has 0 saturated heterocycles. The Balaban J connectivity index is 2.48. The van der Waals surface area contributed by atoms with Crippen molar-refractivity contribution in [3.05, 3.63) is 29.4 Å². The van der Waals surface area contributed by atoms with Gasteiger partial charge in [0.15, 0.2) is 5.13 Å². The molecule has 0 aliphatic heterocycles. The number of fused-ring (bicyclic) bond motifs is 1. The Morgan fingerprint density at radius 2 is 2.23 bits per heavy atom. The first-order chi connectivity index (χ1) is 6.29. The molecule has 1 nitrogen and oxygen atoms in total. The van der Waals surface area contributed by atoms with E-state index in [1.165, 1.54) is 6.07 Å². The first-order valence-corrected chi connectivity index (χ1v) is 4.93. The molecule has 2 aromatic rings. The fourth-order valence-corrected chi connectivity index (χ4v) is 2.01. The van der Waals surface area contributed by atoms with Crippen LogP contribution >= 0.6 is 11.3 Å². The zero-order valence-corrected chi connectivity index (χ0v) is 8.03. The zero-order chi connectivity index (χ0) is 9.26. The third-order valence-electron chi connectivity index (χ3n) is 1.77. The van der Waals surface area contributed by atoms with Crippen molar-refractivity contribution in [2.45, 2.75) is 6.92 Å². The number of halogens is 1. The van der Waals surface area contributed by atoms with Crippen LogP contribution in [0.5, 0.6) is 5.75 Å². The quantitative estimate of drug-likeness (QED) is 0.715. The summed E-state index contributed by atoms with van der Waals surface area (Å²) in [6.07, 6.45) is 0. The van der Waals surface area contributed by atoms with Crippen LogP contribution in [-0.4, -0.2) is 6.61 Å². The summed E-state index contributed by atoms with van der Waals surface area (Å²) in [5.74, 6) is 0.799. The van der Waals surface area contributed by atoms with Crippen molar-refractivity contribution < 1.29 is 9.13 Å². The maximum absolute atomic E-state index is 12.8. The molecule has 13 heavy (non-hydrogen) atoms. The number of ether oxygens (including phenoxy) is 1. The van der Waals surface area contributed by atoms with Crippen molar-refractivity contribution in [2.24, 2.45) is 0 Å². The summed E-state index contributed by atoms with van der Waals surface area (Å²) in [6, 6.07) is 7.14. The Kier molecular flexibility index (Phi) is 2.19. The van der Waals surface area contributed by atoms with Crippen LogP contribution in [0.3, 0.4) is 0 Å². The van der Waals surface area contributed by atoms with Crippen LogP contribution < -0.4 is 4.74 Å². The molecule has 2 rings (SSSR count). The molecule has 0 saturated carbocycles. The van der Waals surface area contributed by atoms with Crippen LogP contribution in [0.4, 0.5) is 4.39 Å². The van der Waals surface area contributed by atoms with Gasteiger partial charge in [-0.1, -0.05) is 0 Å². The predicted molar refractivity (Wildman–Crippen MR) is 53.0 cm³/mol. The smallest absolute Gasteiger partial charge is 0.177 e. The number of hydrogen-bond donors (Lipinski definition) is 0. The van der Waals surface area contributed by atoms with Crippen LogP contribution in [0, 0.1) is 5.13 Å². The van der Waals surface area contributed by atoms with Crippen molar-refractivity contribution in [1.29, 1.82) is 0 Å². The molecule has 0 atom stereocenters. The normalized spacial score (nSPS) is 10.6. The maximum atomic E-state index is 12.8. The molecule has 0 unspecified atom stereocenters. The molecule has 1 heterocycles. The fraction of sp³-hybridized carbons (Fsp3) is 0.200. The van der Waals surface area contributed by atoms with E-state index in [1.54, 1.807) is 0 Å². The Morgan fingerprint density at radius 1 is 1.38 bits per heavy atom. The Morgan fingerprint density at radius 3 is 3.00 bits per heavy atom. The lowest BCUT2D eigenvalue weighted by molar-refractivity contribution is 0.341. The fourth-order valence-electron chi connectivity index (χ4n) is 1.25. The first kappa shape index (κ1) is 8.51. The van der Waals surface area contributed by atoms with Gasteiger partial charge >= 0.3 is 0 Å². The number of rotatable bonds is 2. The topological polar surface area (TPSA) is 9.23 Å². The van der Waals surface area contributed by atoms with Crippen LogP contribution in [0.1, 0.15) is 6.92 Å². The average molecular weight is 196 g/mol. The van der Waals surface area contributed by atoms with E-state index < -0.39 is 0 Å². The Hall–Kier alpha value is -1.09. The monoisotopic (exact) mass is 196 g/mol. The summed E-state index contributed by atoms with van der Waals surface area (Å²) in [5.41, 5.74) is 0. The predicted octanol–water partition coefficient (Wildman–Crippen LogP) is 3.44. The van der Waals surface area contributed by atoms with Gasteiger partial charge in [0.25, 0.3) is 0 Å². The van der Waals surface area contributed by atoms with Crippen molar-refractivity contribution in [1.82, 2.24) is 0 Å². The van der Waals surface area contributed by atoms with E-state index >= 15 is 0 Å². The van der Waals surface area contributed by atoms with Crippen molar-refractivity contribution in [2.75, 3.05) is 6.61 Å². The average Bonchev–Trinajstić information content (AvgIpc) is 2.44. The van der Waals surface area contributed by atoms with Crippen molar-refractivity contribution in [3.63, 3.8) is 0 Å². The van der Waals surface area contributed by atoms with E-state index in [0.29, 0.717) is 6.61 Å². The van der Waals surface area contributed by atoms with E-state index in [9.17, 15) is 4.39 Å². The van der Waals surface area contributed by atoms with E-state index in [2.05, 4.69) is 0 Å². The molecular weight excluding hydrogens is 187 g/mol. The van der Waals surface area contributed by atoms with E-state index in [-0.39, 0.29) is 5.13 Å². The molecule has 1 aromatic carbocycles. The first-order valence-electron chi connectivity index (χ1n) is 4.11. The van der Waals surface area contributed by atoms with Gasteiger partial charge in [-0.15, -0.1) is 11.3 Å². The summed E-state index contributed by atoms with van der Waals surface area (Å²) in [5, 5.41) is 0.761. The molecule has 0 amide bonds. The molecule has 0 radical (unpaired) electrons. The highest BCUT2D eigenvalue weighted by Crippen LogP contribution is 2.27. The summed E-state index contributed by atoms with van der Waals surface area (Å²) in [7, 11) is 0. The van der Waals surface area contributed by atoms with Gasteiger partial charge in [0.1, 0.15) is 5.75 Å². The molecule has 0 spiro atoms. The third kappa shape index (κ3) is 1.65. The second kappa shape index (κ2) is 3.34.